The predicted octanol–water partition coefficient (Wildman–Crippen LogP) is 2.87. The third kappa shape index (κ3) is 5.30. The van der Waals surface area contributed by atoms with Gasteiger partial charge in [0.05, 0.1) is 10.5 Å². The van der Waals surface area contributed by atoms with E-state index in [0.29, 0.717) is 12.1 Å². The summed E-state index contributed by atoms with van der Waals surface area (Å²) in [4.78, 5) is -0.534. The van der Waals surface area contributed by atoms with Gasteiger partial charge in [-0.1, -0.05) is 13.8 Å². The highest BCUT2D eigenvalue weighted by atomic mass is 35.5. The molecule has 0 radical (unpaired) electrons. The third-order valence-electron chi connectivity index (χ3n) is 3.16. The molecule has 0 fully saturated rings. The second-order valence-corrected chi connectivity index (χ2v) is 7.81. The Hall–Kier alpha value is -0.900. The number of sulfonamides is 1. The van der Waals surface area contributed by atoms with Crippen LogP contribution in [0, 0.1) is 11.2 Å². The molecule has 0 aromatic heterocycles. The molecule has 23 heavy (non-hydrogen) atoms. The molecule has 10 heteroatoms. The highest BCUT2D eigenvalue weighted by molar-refractivity contribution is 7.89. The zero-order valence-electron chi connectivity index (χ0n) is 12.8. The van der Waals surface area contributed by atoms with Crippen LogP contribution in [-0.2, 0) is 16.2 Å². The molecule has 1 rings (SSSR count). The van der Waals surface area contributed by atoms with Crippen molar-refractivity contribution in [3.63, 3.8) is 0 Å². The van der Waals surface area contributed by atoms with E-state index in [-0.39, 0.29) is 25.5 Å². The van der Waals surface area contributed by atoms with Crippen molar-refractivity contribution in [2.45, 2.75) is 24.9 Å². The zero-order chi connectivity index (χ0) is 17.3. The van der Waals surface area contributed by atoms with Crippen molar-refractivity contribution in [3.8, 4) is 0 Å². The lowest BCUT2D eigenvalue weighted by Gasteiger charge is -2.28. The number of alkyl halides is 3. The summed E-state index contributed by atoms with van der Waals surface area (Å²) in [6.07, 6.45) is -4.88. The summed E-state index contributed by atoms with van der Waals surface area (Å²) in [6.45, 7) is 3.75. The smallest absolute Gasteiger partial charge is 0.330 e. The van der Waals surface area contributed by atoms with Gasteiger partial charge in [-0.3, -0.25) is 0 Å². The molecule has 0 heterocycles. The molecule has 0 aliphatic heterocycles. The Bertz CT molecular complexity index is 648. The van der Waals surface area contributed by atoms with Crippen molar-refractivity contribution in [2.24, 2.45) is 11.1 Å². The molecular formula is C13H19ClF4N2O2S. The second-order valence-electron chi connectivity index (χ2n) is 5.77. The maximum Gasteiger partial charge on any atom is 0.419 e. The van der Waals surface area contributed by atoms with Gasteiger partial charge in [0.25, 0.3) is 0 Å². The van der Waals surface area contributed by atoms with Gasteiger partial charge in [0, 0.05) is 13.6 Å². The Balaban J connectivity index is 0.00000484. The van der Waals surface area contributed by atoms with Crippen molar-refractivity contribution < 1.29 is 26.0 Å². The van der Waals surface area contributed by atoms with Gasteiger partial charge >= 0.3 is 6.18 Å². The highest BCUT2D eigenvalue weighted by Crippen LogP contribution is 2.32. The van der Waals surface area contributed by atoms with Crippen LogP contribution in [0.5, 0.6) is 0 Å². The maximum absolute atomic E-state index is 13.5. The van der Waals surface area contributed by atoms with E-state index in [0.717, 1.165) is 10.4 Å². The number of nitrogens with zero attached hydrogens (tertiary/aromatic N) is 1. The summed E-state index contributed by atoms with van der Waals surface area (Å²) in [5.41, 5.74) is 3.50. The minimum atomic E-state index is -4.88. The third-order valence-corrected chi connectivity index (χ3v) is 4.96. The topological polar surface area (TPSA) is 63.4 Å². The highest BCUT2D eigenvalue weighted by Gasteiger charge is 2.35. The van der Waals surface area contributed by atoms with Crippen LogP contribution in [0.4, 0.5) is 17.6 Å². The normalized spacial score (nSPS) is 13.1. The molecule has 0 unspecified atom stereocenters. The fraction of sp³-hybridized carbons (Fsp3) is 0.538. The average molecular weight is 379 g/mol. The first kappa shape index (κ1) is 22.1. The van der Waals surface area contributed by atoms with Crippen molar-refractivity contribution >= 4 is 22.4 Å². The Morgan fingerprint density at radius 2 is 1.74 bits per heavy atom. The lowest BCUT2D eigenvalue weighted by atomic mass is 9.94. The van der Waals surface area contributed by atoms with Gasteiger partial charge in [-0.05, 0) is 30.2 Å². The Morgan fingerprint density at radius 1 is 1.22 bits per heavy atom. The van der Waals surface area contributed by atoms with Crippen molar-refractivity contribution in [2.75, 3.05) is 20.1 Å². The van der Waals surface area contributed by atoms with E-state index < -0.39 is 37.9 Å². The first-order chi connectivity index (χ1) is 9.81. The van der Waals surface area contributed by atoms with Crippen LogP contribution in [0.15, 0.2) is 23.1 Å². The molecule has 134 valence electrons. The van der Waals surface area contributed by atoms with Gasteiger partial charge in [-0.25, -0.2) is 17.1 Å². The summed E-state index contributed by atoms with van der Waals surface area (Å²) in [7, 11) is -2.83. The second kappa shape index (κ2) is 7.33. The monoisotopic (exact) mass is 378 g/mol. The molecule has 1 aromatic rings. The van der Waals surface area contributed by atoms with Gasteiger partial charge in [-0.15, -0.1) is 12.4 Å². The minimum absolute atomic E-state index is 0. The van der Waals surface area contributed by atoms with E-state index in [9.17, 15) is 26.0 Å². The molecule has 0 saturated heterocycles. The molecule has 0 spiro atoms. The molecule has 0 bridgehead atoms. The Labute approximate surface area is 139 Å². The molecule has 4 nitrogen and oxygen atoms in total. The standard InChI is InChI=1S/C13H18F4N2O2S.ClH/c1-12(2,7-18)8-19(3)22(20,21)9-4-5-10(11(14)6-9)13(15,16)17;/h4-6H,7-8,18H2,1-3H3;1H. The SMILES string of the molecule is CN(CC(C)(C)CN)S(=O)(=O)c1ccc(C(F)(F)F)c(F)c1.Cl. The van der Waals surface area contributed by atoms with Gasteiger partial charge in [0.1, 0.15) is 5.82 Å². The largest absolute Gasteiger partial charge is 0.419 e. The van der Waals surface area contributed by atoms with Crippen molar-refractivity contribution in [1.29, 1.82) is 0 Å². The molecule has 0 atom stereocenters. The Morgan fingerprint density at radius 3 is 2.13 bits per heavy atom. The van der Waals surface area contributed by atoms with Crippen molar-refractivity contribution in [1.82, 2.24) is 4.31 Å². The first-order valence-electron chi connectivity index (χ1n) is 6.34. The number of nitrogens with two attached hydrogens (primary N) is 1. The van der Waals surface area contributed by atoms with Gasteiger partial charge in [0.2, 0.25) is 10.0 Å². The van der Waals surface area contributed by atoms with Crippen molar-refractivity contribution in [3.05, 3.63) is 29.6 Å². The van der Waals surface area contributed by atoms with Crippen LogP contribution in [0.2, 0.25) is 0 Å². The number of rotatable bonds is 5. The van der Waals surface area contributed by atoms with E-state index in [1.54, 1.807) is 13.8 Å². The van der Waals surface area contributed by atoms with E-state index in [2.05, 4.69) is 0 Å². The van der Waals surface area contributed by atoms with Crippen LogP contribution in [-0.4, -0.2) is 32.9 Å². The van der Waals surface area contributed by atoms with Gasteiger partial charge in [0.15, 0.2) is 0 Å². The van der Waals surface area contributed by atoms with Gasteiger partial charge < -0.3 is 5.73 Å². The average Bonchev–Trinajstić information content (AvgIpc) is 2.36. The van der Waals surface area contributed by atoms with E-state index in [1.807, 2.05) is 0 Å². The summed E-state index contributed by atoms with van der Waals surface area (Å²) < 4.78 is 76.5. The lowest BCUT2D eigenvalue weighted by molar-refractivity contribution is -0.140. The van der Waals surface area contributed by atoms with Gasteiger partial charge in [-0.2, -0.15) is 13.2 Å². The van der Waals surface area contributed by atoms with E-state index >= 15 is 0 Å². The van der Waals surface area contributed by atoms with Crippen LogP contribution in [0.25, 0.3) is 0 Å². The number of benzene rings is 1. The first-order valence-corrected chi connectivity index (χ1v) is 7.78. The molecular weight excluding hydrogens is 360 g/mol. The summed E-state index contributed by atoms with van der Waals surface area (Å²) in [5.74, 6) is -1.62. The number of hydrogen-bond donors (Lipinski definition) is 1. The zero-order valence-corrected chi connectivity index (χ0v) is 14.4. The molecule has 2 N–H and O–H groups in total. The minimum Gasteiger partial charge on any atom is -0.330 e. The predicted molar refractivity (Wildman–Crippen MR) is 81.3 cm³/mol. The number of hydrogen-bond acceptors (Lipinski definition) is 3. The van der Waals surface area contributed by atoms with E-state index in [1.165, 1.54) is 7.05 Å². The van der Waals surface area contributed by atoms with Crippen LogP contribution in [0.1, 0.15) is 19.4 Å². The fourth-order valence-electron chi connectivity index (χ4n) is 1.82. The lowest BCUT2D eigenvalue weighted by Crippen LogP contribution is -2.39. The summed E-state index contributed by atoms with van der Waals surface area (Å²) in [6, 6.07) is 1.54. The molecule has 0 amide bonds. The quantitative estimate of drug-likeness (QED) is 0.801. The van der Waals surface area contributed by atoms with Crippen LogP contribution >= 0.6 is 12.4 Å². The molecule has 0 aliphatic carbocycles. The Kier molecular flexibility index (Phi) is 7.04. The number of halogens is 5. The maximum atomic E-state index is 13.5. The van der Waals surface area contributed by atoms with Crippen LogP contribution < -0.4 is 5.73 Å². The molecule has 0 saturated carbocycles. The molecule has 0 aliphatic rings. The van der Waals surface area contributed by atoms with Crippen LogP contribution in [0.3, 0.4) is 0 Å². The fourth-order valence-corrected chi connectivity index (χ4v) is 3.19. The molecule has 1 aromatic carbocycles. The summed E-state index contributed by atoms with van der Waals surface area (Å²) >= 11 is 0. The summed E-state index contributed by atoms with van der Waals surface area (Å²) in [5, 5.41) is 0. The van der Waals surface area contributed by atoms with E-state index in [4.69, 9.17) is 5.73 Å².